The second-order valence-electron chi connectivity index (χ2n) is 4.63. The standard InChI is InChI=1S/C14H19FN2/c1-3-9-17(11-7-8-11)13-6-4-5-12(15)14(13)10(2)16/h3-6,10-11H,1,7-9,16H2,2H3/t10-/m1/s1. The van der Waals surface area contributed by atoms with Crippen molar-refractivity contribution in [3.05, 3.63) is 42.2 Å². The van der Waals surface area contributed by atoms with Gasteiger partial charge in [-0.25, -0.2) is 4.39 Å². The van der Waals surface area contributed by atoms with Crippen LogP contribution in [-0.2, 0) is 0 Å². The van der Waals surface area contributed by atoms with Crippen LogP contribution in [-0.4, -0.2) is 12.6 Å². The van der Waals surface area contributed by atoms with Crippen LogP contribution < -0.4 is 10.6 Å². The molecule has 3 heteroatoms. The summed E-state index contributed by atoms with van der Waals surface area (Å²) in [5.74, 6) is -0.216. The third kappa shape index (κ3) is 2.50. The van der Waals surface area contributed by atoms with E-state index < -0.39 is 0 Å². The predicted molar refractivity (Wildman–Crippen MR) is 69.6 cm³/mol. The van der Waals surface area contributed by atoms with Gasteiger partial charge in [-0.15, -0.1) is 6.58 Å². The first-order valence-corrected chi connectivity index (χ1v) is 6.06. The summed E-state index contributed by atoms with van der Waals surface area (Å²) in [5.41, 5.74) is 7.41. The summed E-state index contributed by atoms with van der Waals surface area (Å²) in [7, 11) is 0. The van der Waals surface area contributed by atoms with Crippen LogP contribution in [0.4, 0.5) is 10.1 Å². The minimum absolute atomic E-state index is 0.216. The van der Waals surface area contributed by atoms with Crippen molar-refractivity contribution in [1.29, 1.82) is 0 Å². The van der Waals surface area contributed by atoms with Gasteiger partial charge in [0.15, 0.2) is 0 Å². The van der Waals surface area contributed by atoms with Gasteiger partial charge in [0, 0.05) is 29.9 Å². The van der Waals surface area contributed by atoms with Gasteiger partial charge in [0.25, 0.3) is 0 Å². The van der Waals surface area contributed by atoms with Crippen molar-refractivity contribution in [3.63, 3.8) is 0 Å². The van der Waals surface area contributed by atoms with Crippen LogP contribution >= 0.6 is 0 Å². The van der Waals surface area contributed by atoms with Crippen LogP contribution in [0, 0.1) is 5.82 Å². The molecule has 1 aromatic carbocycles. The van der Waals surface area contributed by atoms with Gasteiger partial charge in [-0.3, -0.25) is 0 Å². The maximum absolute atomic E-state index is 13.9. The summed E-state index contributed by atoms with van der Waals surface area (Å²) >= 11 is 0. The van der Waals surface area contributed by atoms with Crippen LogP contribution in [0.3, 0.4) is 0 Å². The molecule has 0 saturated heterocycles. The van der Waals surface area contributed by atoms with E-state index in [2.05, 4.69) is 11.5 Å². The molecular formula is C14H19FN2. The molecule has 2 N–H and O–H groups in total. The molecule has 0 radical (unpaired) electrons. The smallest absolute Gasteiger partial charge is 0.130 e. The van der Waals surface area contributed by atoms with E-state index in [-0.39, 0.29) is 11.9 Å². The minimum Gasteiger partial charge on any atom is -0.364 e. The molecule has 1 atom stereocenters. The number of rotatable bonds is 5. The predicted octanol–water partition coefficient (Wildman–Crippen LogP) is 3.00. The zero-order valence-corrected chi connectivity index (χ0v) is 10.2. The molecular weight excluding hydrogens is 215 g/mol. The molecule has 0 aromatic heterocycles. The molecule has 0 bridgehead atoms. The molecule has 0 unspecified atom stereocenters. The average Bonchev–Trinajstić information content (AvgIpc) is 3.08. The Morgan fingerprint density at radius 1 is 1.59 bits per heavy atom. The van der Waals surface area contributed by atoms with Gasteiger partial charge in [0.2, 0.25) is 0 Å². The van der Waals surface area contributed by atoms with Gasteiger partial charge < -0.3 is 10.6 Å². The van der Waals surface area contributed by atoms with E-state index >= 15 is 0 Å². The molecule has 1 aliphatic rings. The van der Waals surface area contributed by atoms with Crippen molar-refractivity contribution >= 4 is 5.69 Å². The molecule has 2 rings (SSSR count). The highest BCUT2D eigenvalue weighted by atomic mass is 19.1. The van der Waals surface area contributed by atoms with E-state index in [1.807, 2.05) is 19.1 Å². The highest BCUT2D eigenvalue weighted by molar-refractivity contribution is 5.57. The molecule has 17 heavy (non-hydrogen) atoms. The first-order valence-electron chi connectivity index (χ1n) is 6.06. The Morgan fingerprint density at radius 2 is 2.29 bits per heavy atom. The Kier molecular flexibility index (Phi) is 3.48. The normalized spacial score (nSPS) is 16.6. The monoisotopic (exact) mass is 234 g/mol. The van der Waals surface area contributed by atoms with Gasteiger partial charge in [0.1, 0.15) is 5.82 Å². The molecule has 92 valence electrons. The fourth-order valence-corrected chi connectivity index (χ4v) is 2.20. The maximum atomic E-state index is 13.9. The van der Waals surface area contributed by atoms with Crippen molar-refractivity contribution in [2.24, 2.45) is 5.73 Å². The Morgan fingerprint density at radius 3 is 2.82 bits per heavy atom. The summed E-state index contributed by atoms with van der Waals surface area (Å²) in [6.45, 7) is 6.33. The Labute approximate surface area is 102 Å². The van der Waals surface area contributed by atoms with E-state index in [1.165, 1.54) is 18.9 Å². The molecule has 1 saturated carbocycles. The number of halogens is 1. The second kappa shape index (κ2) is 4.88. The third-order valence-corrected chi connectivity index (χ3v) is 3.11. The second-order valence-corrected chi connectivity index (χ2v) is 4.63. The summed E-state index contributed by atoms with van der Waals surface area (Å²) < 4.78 is 13.9. The first-order chi connectivity index (χ1) is 8.15. The van der Waals surface area contributed by atoms with Gasteiger partial charge in [0.05, 0.1) is 0 Å². The summed E-state index contributed by atoms with van der Waals surface area (Å²) in [6.07, 6.45) is 4.19. The van der Waals surface area contributed by atoms with Crippen molar-refractivity contribution in [2.45, 2.75) is 31.8 Å². The van der Waals surface area contributed by atoms with E-state index in [9.17, 15) is 4.39 Å². The third-order valence-electron chi connectivity index (χ3n) is 3.11. The number of nitrogens with zero attached hydrogens (tertiary/aromatic N) is 1. The zero-order valence-electron chi connectivity index (χ0n) is 10.2. The number of hydrogen-bond donors (Lipinski definition) is 1. The molecule has 1 fully saturated rings. The highest BCUT2D eigenvalue weighted by Crippen LogP contribution is 2.36. The Bertz CT molecular complexity index is 411. The van der Waals surface area contributed by atoms with E-state index in [0.29, 0.717) is 11.6 Å². The van der Waals surface area contributed by atoms with Crippen molar-refractivity contribution in [1.82, 2.24) is 0 Å². The van der Waals surface area contributed by atoms with E-state index in [0.717, 1.165) is 12.2 Å². The molecule has 0 spiro atoms. The van der Waals surface area contributed by atoms with Crippen LogP contribution in [0.1, 0.15) is 31.4 Å². The Hall–Kier alpha value is -1.35. The summed E-state index contributed by atoms with van der Waals surface area (Å²) in [4.78, 5) is 2.20. The first kappa shape index (κ1) is 12.1. The Balaban J connectivity index is 2.41. The van der Waals surface area contributed by atoms with Crippen LogP contribution in [0.25, 0.3) is 0 Å². The minimum atomic E-state index is -0.294. The van der Waals surface area contributed by atoms with Gasteiger partial charge in [-0.2, -0.15) is 0 Å². The fourth-order valence-electron chi connectivity index (χ4n) is 2.20. The molecule has 0 amide bonds. The molecule has 2 nitrogen and oxygen atoms in total. The lowest BCUT2D eigenvalue weighted by atomic mass is 10.0. The topological polar surface area (TPSA) is 29.3 Å². The lowest BCUT2D eigenvalue weighted by Crippen LogP contribution is -2.28. The van der Waals surface area contributed by atoms with E-state index in [1.54, 1.807) is 6.07 Å². The van der Waals surface area contributed by atoms with Crippen molar-refractivity contribution < 1.29 is 4.39 Å². The lowest BCUT2D eigenvalue weighted by Gasteiger charge is -2.27. The zero-order chi connectivity index (χ0) is 12.4. The van der Waals surface area contributed by atoms with Crippen LogP contribution in [0.5, 0.6) is 0 Å². The highest BCUT2D eigenvalue weighted by Gasteiger charge is 2.30. The number of nitrogens with two attached hydrogens (primary N) is 1. The van der Waals surface area contributed by atoms with Gasteiger partial charge in [-0.1, -0.05) is 12.1 Å². The van der Waals surface area contributed by atoms with Gasteiger partial charge in [-0.05, 0) is 31.9 Å². The fraction of sp³-hybridized carbons (Fsp3) is 0.429. The lowest BCUT2D eigenvalue weighted by molar-refractivity contribution is 0.592. The van der Waals surface area contributed by atoms with Crippen molar-refractivity contribution in [3.8, 4) is 0 Å². The van der Waals surface area contributed by atoms with Gasteiger partial charge >= 0.3 is 0 Å². The SMILES string of the molecule is C=CCN(c1cccc(F)c1[C@@H](C)N)C1CC1. The largest absolute Gasteiger partial charge is 0.364 e. The van der Waals surface area contributed by atoms with Crippen molar-refractivity contribution in [2.75, 3.05) is 11.4 Å². The summed E-state index contributed by atoms with van der Waals surface area (Å²) in [5, 5.41) is 0. The number of benzene rings is 1. The van der Waals surface area contributed by atoms with Crippen LogP contribution in [0.15, 0.2) is 30.9 Å². The number of anilines is 1. The maximum Gasteiger partial charge on any atom is 0.130 e. The average molecular weight is 234 g/mol. The molecule has 0 aliphatic heterocycles. The molecule has 1 aromatic rings. The quantitative estimate of drug-likeness (QED) is 0.793. The molecule has 1 aliphatic carbocycles. The van der Waals surface area contributed by atoms with E-state index in [4.69, 9.17) is 5.73 Å². The molecule has 0 heterocycles. The number of hydrogen-bond acceptors (Lipinski definition) is 2. The summed E-state index contributed by atoms with van der Waals surface area (Å²) in [6, 6.07) is 5.39. The van der Waals surface area contributed by atoms with Crippen LogP contribution in [0.2, 0.25) is 0 Å².